The van der Waals surface area contributed by atoms with Gasteiger partial charge in [-0.2, -0.15) is 0 Å². The number of rotatable bonds is 4. The van der Waals surface area contributed by atoms with Gasteiger partial charge in [-0.05, 0) is 114 Å². The van der Waals surface area contributed by atoms with Crippen molar-refractivity contribution in [2.45, 2.75) is 6.85 Å². The maximum absolute atomic E-state index is 7.89. The number of aromatic nitrogens is 1. The van der Waals surface area contributed by atoms with Crippen LogP contribution in [0.25, 0.3) is 105 Å². The predicted octanol–water partition coefficient (Wildman–Crippen LogP) is 14.0. The lowest BCUT2D eigenvalue weighted by molar-refractivity contribution is 1.18. The number of benzene rings is 9. The second kappa shape index (κ2) is 11.2. The zero-order valence-corrected chi connectivity index (χ0v) is 28.3. The number of hydrogen-bond donors (Lipinski definition) is 0. The van der Waals surface area contributed by atoms with Crippen LogP contribution in [0.15, 0.2) is 182 Å². The third kappa shape index (κ3) is 4.11. The molecule has 0 spiro atoms. The molecule has 1 heterocycles. The van der Waals surface area contributed by atoms with Gasteiger partial charge in [-0.3, -0.25) is 0 Å². The van der Waals surface area contributed by atoms with Crippen LogP contribution >= 0.6 is 0 Å². The summed E-state index contributed by atoms with van der Waals surface area (Å²) >= 11 is 0. The Morgan fingerprint density at radius 3 is 1.60 bits per heavy atom. The van der Waals surface area contributed by atoms with Crippen LogP contribution in [-0.2, 0) is 0 Å². The summed E-state index contributed by atoms with van der Waals surface area (Å²) in [6, 6.07) is 64.6. The first-order valence-electron chi connectivity index (χ1n) is 19.4. The summed E-state index contributed by atoms with van der Waals surface area (Å²) in [4.78, 5) is 0. The van der Waals surface area contributed by atoms with Gasteiger partial charge >= 0.3 is 0 Å². The Morgan fingerprint density at radius 2 is 0.942 bits per heavy atom. The molecule has 10 aromatic rings. The fourth-order valence-electron chi connectivity index (χ4n) is 8.88. The lowest BCUT2D eigenvalue weighted by atomic mass is 9.82. The smallest absolute Gasteiger partial charge is 0.0553 e. The van der Waals surface area contributed by atoms with E-state index in [2.05, 4.69) is 162 Å². The molecule has 1 aliphatic carbocycles. The van der Waals surface area contributed by atoms with E-state index < -0.39 is 6.85 Å². The van der Waals surface area contributed by atoms with E-state index in [0.29, 0.717) is 5.56 Å². The molecule has 0 fully saturated rings. The van der Waals surface area contributed by atoms with Crippen molar-refractivity contribution in [2.75, 3.05) is 0 Å². The first-order valence-corrected chi connectivity index (χ1v) is 17.9. The molecule has 0 saturated heterocycles. The average molecular weight is 663 g/mol. The fourth-order valence-corrected chi connectivity index (χ4v) is 8.88. The molecule has 0 aliphatic heterocycles. The number of nitrogens with zero attached hydrogens (tertiary/aromatic N) is 1. The standard InChI is InChI=1S/C51H33N/c1-32-24-26-33(27-25-32)36-28-29-44-42(30-36)49-40-22-13-23-41-48(40)43(31-45(49)52(44)37-18-9-4-10-19-37)51-47(35-16-7-3-8-17-35)39-21-12-11-20-38(39)46(50(41)51)34-14-5-2-6-15-34/h2-31H,1H3/i1D3. The first kappa shape index (κ1) is 26.2. The molecule has 52 heavy (non-hydrogen) atoms. The third-order valence-corrected chi connectivity index (χ3v) is 11.0. The van der Waals surface area contributed by atoms with Crippen molar-refractivity contribution in [1.29, 1.82) is 0 Å². The minimum absolute atomic E-state index is 0.347. The van der Waals surface area contributed by atoms with Gasteiger partial charge in [-0.1, -0.05) is 157 Å². The number of para-hydroxylation sites is 1. The molecule has 9 aromatic carbocycles. The van der Waals surface area contributed by atoms with Crippen molar-refractivity contribution >= 4 is 43.4 Å². The SMILES string of the molecule is [2H]C([2H])([2H])c1ccc(-c2ccc3c(c2)c2c4cccc5c4c(cc2n3-c2ccccc2)-c2c-5c(-c3ccccc3)c3ccccc3c2-c2ccccc2)cc1. The zero-order valence-electron chi connectivity index (χ0n) is 31.3. The van der Waals surface area contributed by atoms with Gasteiger partial charge in [0.25, 0.3) is 0 Å². The van der Waals surface area contributed by atoms with E-state index in [1.807, 2.05) is 12.1 Å². The van der Waals surface area contributed by atoms with Crippen molar-refractivity contribution in [3.63, 3.8) is 0 Å². The molecule has 0 amide bonds. The minimum atomic E-state index is -2.14. The summed E-state index contributed by atoms with van der Waals surface area (Å²) in [6.07, 6.45) is 0. The molecular weight excluding hydrogens is 627 g/mol. The quantitative estimate of drug-likeness (QED) is 0.177. The van der Waals surface area contributed by atoms with E-state index in [1.165, 1.54) is 71.4 Å². The van der Waals surface area contributed by atoms with Gasteiger partial charge in [0, 0.05) is 20.6 Å². The summed E-state index contributed by atoms with van der Waals surface area (Å²) in [5.74, 6) is 0. The highest BCUT2D eigenvalue weighted by atomic mass is 15.0. The Bertz CT molecular complexity index is 3140. The molecule has 242 valence electrons. The summed E-state index contributed by atoms with van der Waals surface area (Å²) in [5.41, 5.74) is 15.7. The lowest BCUT2D eigenvalue weighted by Crippen LogP contribution is -1.95. The summed E-state index contributed by atoms with van der Waals surface area (Å²) in [5, 5.41) is 7.35. The van der Waals surface area contributed by atoms with Gasteiger partial charge in [-0.15, -0.1) is 0 Å². The largest absolute Gasteiger partial charge is 0.309 e. The average Bonchev–Trinajstić information content (AvgIpc) is 3.74. The molecule has 1 aromatic heterocycles. The Hall–Kier alpha value is -6.70. The Balaban J connectivity index is 1.30. The van der Waals surface area contributed by atoms with Crippen LogP contribution in [0.5, 0.6) is 0 Å². The van der Waals surface area contributed by atoms with Gasteiger partial charge in [0.1, 0.15) is 0 Å². The highest BCUT2D eigenvalue weighted by molar-refractivity contribution is 6.34. The molecule has 1 nitrogen and oxygen atoms in total. The second-order valence-electron chi connectivity index (χ2n) is 13.8. The Kier molecular flexibility index (Phi) is 5.61. The third-order valence-electron chi connectivity index (χ3n) is 11.0. The molecule has 1 heteroatoms. The highest BCUT2D eigenvalue weighted by Crippen LogP contribution is 2.59. The van der Waals surface area contributed by atoms with Crippen LogP contribution in [0.3, 0.4) is 0 Å². The van der Waals surface area contributed by atoms with Crippen LogP contribution < -0.4 is 0 Å². The van der Waals surface area contributed by atoms with E-state index in [1.54, 1.807) is 12.1 Å². The van der Waals surface area contributed by atoms with E-state index >= 15 is 0 Å². The lowest BCUT2D eigenvalue weighted by Gasteiger charge is -2.20. The molecule has 1 aliphatic rings. The van der Waals surface area contributed by atoms with Gasteiger partial charge in [-0.25, -0.2) is 0 Å². The topological polar surface area (TPSA) is 4.93 Å². The van der Waals surface area contributed by atoms with Crippen LogP contribution in [0, 0.1) is 6.85 Å². The molecular formula is C51H33N. The first-order chi connectivity index (χ1) is 27.0. The second-order valence-corrected chi connectivity index (χ2v) is 13.8. The zero-order chi connectivity index (χ0) is 36.8. The van der Waals surface area contributed by atoms with E-state index in [9.17, 15) is 0 Å². The molecule has 0 saturated carbocycles. The summed E-state index contributed by atoms with van der Waals surface area (Å²) < 4.78 is 26.1. The number of aryl methyl sites for hydroxylation is 1. The van der Waals surface area contributed by atoms with Crippen LogP contribution in [-0.4, -0.2) is 4.57 Å². The summed E-state index contributed by atoms with van der Waals surface area (Å²) in [6.45, 7) is -2.14. The predicted molar refractivity (Wildman–Crippen MR) is 221 cm³/mol. The van der Waals surface area contributed by atoms with Crippen molar-refractivity contribution in [2.24, 2.45) is 0 Å². The minimum Gasteiger partial charge on any atom is -0.309 e. The number of hydrogen-bond acceptors (Lipinski definition) is 0. The molecule has 0 unspecified atom stereocenters. The van der Waals surface area contributed by atoms with E-state index in [4.69, 9.17) is 4.11 Å². The molecule has 0 radical (unpaired) electrons. The molecule has 0 atom stereocenters. The van der Waals surface area contributed by atoms with Gasteiger partial charge in [0.05, 0.1) is 11.0 Å². The Labute approximate surface area is 306 Å². The molecule has 11 rings (SSSR count). The number of fused-ring (bicyclic) bond motifs is 8. The van der Waals surface area contributed by atoms with E-state index in [0.717, 1.165) is 33.2 Å². The molecule has 0 N–H and O–H groups in total. The van der Waals surface area contributed by atoms with Crippen molar-refractivity contribution < 1.29 is 4.11 Å². The van der Waals surface area contributed by atoms with Gasteiger partial charge in [0.15, 0.2) is 0 Å². The van der Waals surface area contributed by atoms with Crippen LogP contribution in [0.4, 0.5) is 0 Å². The Morgan fingerprint density at radius 1 is 0.365 bits per heavy atom. The maximum Gasteiger partial charge on any atom is 0.0553 e. The molecule has 0 bridgehead atoms. The van der Waals surface area contributed by atoms with Gasteiger partial charge in [0.2, 0.25) is 0 Å². The monoisotopic (exact) mass is 662 g/mol. The van der Waals surface area contributed by atoms with Crippen LogP contribution in [0.1, 0.15) is 9.68 Å². The normalized spacial score (nSPS) is 13.0. The van der Waals surface area contributed by atoms with Crippen LogP contribution in [0.2, 0.25) is 0 Å². The maximum atomic E-state index is 7.89. The highest BCUT2D eigenvalue weighted by Gasteiger charge is 2.32. The van der Waals surface area contributed by atoms with Crippen molar-refractivity contribution in [3.8, 4) is 61.3 Å². The van der Waals surface area contributed by atoms with E-state index in [-0.39, 0.29) is 0 Å². The van der Waals surface area contributed by atoms with Crippen molar-refractivity contribution in [3.05, 3.63) is 188 Å². The van der Waals surface area contributed by atoms with Gasteiger partial charge < -0.3 is 4.57 Å². The fraction of sp³-hybridized carbons (Fsp3) is 0.0196. The summed E-state index contributed by atoms with van der Waals surface area (Å²) in [7, 11) is 0. The van der Waals surface area contributed by atoms with Crippen molar-refractivity contribution in [1.82, 2.24) is 4.57 Å².